The number of fused-ring (bicyclic) bond motifs is 1. The summed E-state index contributed by atoms with van der Waals surface area (Å²) in [6.07, 6.45) is 1.27. The molecule has 0 N–H and O–H groups in total. The molecule has 28 heavy (non-hydrogen) atoms. The SMILES string of the molecule is O=C(Oc1ccc(N2C(=O)[C@@H]3C[C@H](Br)[C@@H](Br)C[C@H]3C2=O)cc1)c1ccccc1. The van der Waals surface area contributed by atoms with E-state index in [0.717, 1.165) is 0 Å². The Balaban J connectivity index is 1.50. The lowest BCUT2D eigenvalue weighted by molar-refractivity contribution is -0.122. The second-order valence-electron chi connectivity index (χ2n) is 6.98. The molecule has 0 bridgehead atoms. The lowest BCUT2D eigenvalue weighted by Crippen LogP contribution is -2.34. The smallest absolute Gasteiger partial charge is 0.343 e. The van der Waals surface area contributed by atoms with Crippen LogP contribution in [0.2, 0.25) is 0 Å². The molecule has 4 rings (SSSR count). The summed E-state index contributed by atoms with van der Waals surface area (Å²) in [4.78, 5) is 39.4. The minimum absolute atomic E-state index is 0.159. The molecule has 7 heteroatoms. The minimum atomic E-state index is -0.459. The van der Waals surface area contributed by atoms with Crippen molar-refractivity contribution < 1.29 is 19.1 Å². The number of amides is 2. The van der Waals surface area contributed by atoms with E-state index in [1.54, 1.807) is 48.5 Å². The number of nitrogens with zero attached hydrogens (tertiary/aromatic N) is 1. The van der Waals surface area contributed by atoms with Gasteiger partial charge in [-0.15, -0.1) is 0 Å². The van der Waals surface area contributed by atoms with Gasteiger partial charge in [-0.1, -0.05) is 50.1 Å². The molecule has 2 amide bonds. The molecule has 0 unspecified atom stereocenters. The third-order valence-corrected chi connectivity index (χ3v) is 7.96. The van der Waals surface area contributed by atoms with Gasteiger partial charge < -0.3 is 4.74 Å². The summed E-state index contributed by atoms with van der Waals surface area (Å²) in [5, 5.41) is 0. The highest BCUT2D eigenvalue weighted by atomic mass is 79.9. The Morgan fingerprint density at radius 1 is 0.857 bits per heavy atom. The Morgan fingerprint density at radius 2 is 1.39 bits per heavy atom. The number of halogens is 2. The summed E-state index contributed by atoms with van der Waals surface area (Å²) in [6, 6.07) is 15.2. The second kappa shape index (κ2) is 7.79. The molecule has 1 aliphatic heterocycles. The third kappa shape index (κ3) is 3.53. The van der Waals surface area contributed by atoms with Gasteiger partial charge in [-0.2, -0.15) is 0 Å². The summed E-state index contributed by atoms with van der Waals surface area (Å²) in [5.41, 5.74) is 0.954. The lowest BCUT2D eigenvalue weighted by Gasteiger charge is -2.29. The van der Waals surface area contributed by atoms with Crippen LogP contribution in [0.15, 0.2) is 54.6 Å². The molecule has 144 valence electrons. The van der Waals surface area contributed by atoms with Crippen molar-refractivity contribution in [3.8, 4) is 5.75 Å². The number of carbonyl (C=O) groups excluding carboxylic acids is 3. The van der Waals surface area contributed by atoms with Crippen LogP contribution in [0.4, 0.5) is 5.69 Å². The molecular formula is C21H17Br2NO4. The highest BCUT2D eigenvalue weighted by molar-refractivity contribution is 9.12. The van der Waals surface area contributed by atoms with Crippen molar-refractivity contribution in [2.45, 2.75) is 22.5 Å². The Labute approximate surface area is 179 Å². The Kier molecular flexibility index (Phi) is 5.38. The van der Waals surface area contributed by atoms with Gasteiger partial charge in [0.25, 0.3) is 0 Å². The number of imide groups is 1. The van der Waals surface area contributed by atoms with E-state index >= 15 is 0 Å². The van der Waals surface area contributed by atoms with Gasteiger partial charge in [0.15, 0.2) is 0 Å². The number of alkyl halides is 2. The lowest BCUT2D eigenvalue weighted by atomic mass is 9.81. The van der Waals surface area contributed by atoms with Crippen molar-refractivity contribution >= 4 is 55.3 Å². The predicted molar refractivity (Wildman–Crippen MR) is 112 cm³/mol. The maximum atomic E-state index is 12.8. The van der Waals surface area contributed by atoms with E-state index in [-0.39, 0.29) is 33.3 Å². The number of hydrogen-bond donors (Lipinski definition) is 0. The highest BCUT2D eigenvalue weighted by Gasteiger charge is 2.52. The first-order chi connectivity index (χ1) is 13.5. The monoisotopic (exact) mass is 505 g/mol. The first-order valence-electron chi connectivity index (χ1n) is 8.99. The van der Waals surface area contributed by atoms with E-state index in [4.69, 9.17) is 4.74 Å². The van der Waals surface area contributed by atoms with Gasteiger partial charge in [0.05, 0.1) is 23.1 Å². The Morgan fingerprint density at radius 3 is 1.93 bits per heavy atom. The van der Waals surface area contributed by atoms with Crippen LogP contribution in [-0.4, -0.2) is 27.4 Å². The van der Waals surface area contributed by atoms with Crippen LogP contribution in [0.3, 0.4) is 0 Å². The van der Waals surface area contributed by atoms with Gasteiger partial charge in [-0.25, -0.2) is 4.79 Å². The summed E-state index contributed by atoms with van der Waals surface area (Å²) < 4.78 is 5.35. The average molecular weight is 507 g/mol. The van der Waals surface area contributed by atoms with Gasteiger partial charge in [-0.05, 0) is 49.2 Å². The van der Waals surface area contributed by atoms with E-state index in [1.165, 1.54) is 4.90 Å². The molecule has 1 saturated heterocycles. The largest absolute Gasteiger partial charge is 0.423 e. The molecule has 1 heterocycles. The number of carbonyl (C=O) groups is 3. The van der Waals surface area contributed by atoms with Gasteiger partial charge in [0, 0.05) is 9.65 Å². The summed E-state index contributed by atoms with van der Waals surface area (Å²) in [5.74, 6) is -1.00. The van der Waals surface area contributed by atoms with Gasteiger partial charge in [0.1, 0.15) is 5.75 Å². The van der Waals surface area contributed by atoms with Gasteiger partial charge in [0.2, 0.25) is 11.8 Å². The fourth-order valence-electron chi connectivity index (χ4n) is 3.75. The highest BCUT2D eigenvalue weighted by Crippen LogP contribution is 2.44. The van der Waals surface area contributed by atoms with Crippen molar-refractivity contribution in [3.05, 3.63) is 60.2 Å². The first-order valence-corrected chi connectivity index (χ1v) is 10.8. The van der Waals surface area contributed by atoms with Crippen molar-refractivity contribution in [3.63, 3.8) is 0 Å². The first kappa shape index (κ1) is 19.3. The zero-order valence-corrected chi connectivity index (χ0v) is 17.9. The van der Waals surface area contributed by atoms with Gasteiger partial charge >= 0.3 is 5.97 Å². The van der Waals surface area contributed by atoms with Crippen LogP contribution >= 0.6 is 31.9 Å². The van der Waals surface area contributed by atoms with Crippen LogP contribution in [0.25, 0.3) is 0 Å². The van der Waals surface area contributed by atoms with Crippen LogP contribution in [0.1, 0.15) is 23.2 Å². The fourth-order valence-corrected chi connectivity index (χ4v) is 4.99. The molecule has 0 spiro atoms. The topological polar surface area (TPSA) is 63.7 Å². The Bertz CT molecular complexity index is 888. The number of hydrogen-bond acceptors (Lipinski definition) is 4. The number of ether oxygens (including phenoxy) is 1. The molecule has 1 aliphatic carbocycles. The normalized spacial score (nSPS) is 26.9. The van der Waals surface area contributed by atoms with E-state index in [2.05, 4.69) is 31.9 Å². The molecule has 2 aromatic carbocycles. The van der Waals surface area contributed by atoms with Crippen LogP contribution in [0, 0.1) is 11.8 Å². The van der Waals surface area contributed by atoms with E-state index in [1.807, 2.05) is 6.07 Å². The quantitative estimate of drug-likeness (QED) is 0.269. The zero-order chi connectivity index (χ0) is 19.8. The fraction of sp³-hybridized carbons (Fsp3) is 0.286. The predicted octanol–water partition coefficient (Wildman–Crippen LogP) is 4.33. The summed E-state index contributed by atoms with van der Waals surface area (Å²) >= 11 is 7.18. The Hall–Kier alpha value is -1.99. The number of benzene rings is 2. The summed E-state index contributed by atoms with van der Waals surface area (Å²) in [6.45, 7) is 0. The maximum absolute atomic E-state index is 12.8. The minimum Gasteiger partial charge on any atom is -0.423 e. The molecule has 2 aliphatic rings. The third-order valence-electron chi connectivity index (χ3n) is 5.23. The zero-order valence-electron chi connectivity index (χ0n) is 14.8. The van der Waals surface area contributed by atoms with Crippen LogP contribution < -0.4 is 9.64 Å². The van der Waals surface area contributed by atoms with Crippen molar-refractivity contribution in [2.75, 3.05) is 4.90 Å². The van der Waals surface area contributed by atoms with E-state index in [9.17, 15) is 14.4 Å². The molecule has 5 nitrogen and oxygen atoms in total. The molecular weight excluding hydrogens is 490 g/mol. The molecule has 0 radical (unpaired) electrons. The number of rotatable bonds is 3. The molecule has 2 fully saturated rings. The molecule has 4 atom stereocenters. The standard InChI is InChI=1S/C21H17Br2NO4/c22-17-10-15-16(11-18(17)23)20(26)24(19(15)25)13-6-8-14(9-7-13)28-21(27)12-4-2-1-3-5-12/h1-9,15-18H,10-11H2/t15-,16-,17+,18+/m1/s1. The maximum Gasteiger partial charge on any atom is 0.343 e. The average Bonchev–Trinajstić information content (AvgIpc) is 2.94. The number of anilines is 1. The number of esters is 1. The second-order valence-corrected chi connectivity index (χ2v) is 9.33. The molecule has 1 saturated carbocycles. The van der Waals surface area contributed by atoms with Crippen molar-refractivity contribution in [1.29, 1.82) is 0 Å². The van der Waals surface area contributed by atoms with E-state index < -0.39 is 5.97 Å². The van der Waals surface area contributed by atoms with Crippen LogP contribution in [-0.2, 0) is 9.59 Å². The molecule has 0 aromatic heterocycles. The van der Waals surface area contributed by atoms with Gasteiger partial charge in [-0.3, -0.25) is 14.5 Å². The molecule has 2 aromatic rings. The van der Waals surface area contributed by atoms with E-state index in [0.29, 0.717) is 29.8 Å². The van der Waals surface area contributed by atoms with Crippen molar-refractivity contribution in [2.24, 2.45) is 11.8 Å². The van der Waals surface area contributed by atoms with Crippen LogP contribution in [0.5, 0.6) is 5.75 Å². The van der Waals surface area contributed by atoms with Crippen molar-refractivity contribution in [1.82, 2.24) is 0 Å². The summed E-state index contributed by atoms with van der Waals surface area (Å²) in [7, 11) is 0.